The molecule has 0 unspecified atom stereocenters. The number of morpholine rings is 1. The Labute approximate surface area is 136 Å². The molecule has 0 N–H and O–H groups in total. The number of anilines is 2. The predicted octanol–water partition coefficient (Wildman–Crippen LogP) is 3.21. The fourth-order valence-electron chi connectivity index (χ4n) is 2.73. The van der Waals surface area contributed by atoms with E-state index < -0.39 is 0 Å². The first kappa shape index (κ1) is 15.1. The summed E-state index contributed by atoms with van der Waals surface area (Å²) in [5.41, 5.74) is 3.66. The highest BCUT2D eigenvalue weighted by molar-refractivity contribution is 6.29. The number of para-hydroxylation sites is 1. The molecule has 2 heterocycles. The van der Waals surface area contributed by atoms with Crippen molar-refractivity contribution in [3.8, 4) is 0 Å². The van der Waals surface area contributed by atoms with Crippen LogP contribution in [0.15, 0.2) is 42.6 Å². The van der Waals surface area contributed by atoms with E-state index >= 15 is 0 Å². The van der Waals surface area contributed by atoms with Gasteiger partial charge >= 0.3 is 0 Å². The number of aromatic nitrogens is 1. The first-order chi connectivity index (χ1) is 10.7. The molecular formula is C17H20ClN3O. The molecule has 0 bridgehead atoms. The standard InChI is InChI=1S/C17H20ClN3O/c1-20(15-6-7-19-17(18)12-15)13-14-4-2-3-5-16(14)21-8-10-22-11-9-21/h2-7,12H,8-11,13H2,1H3. The topological polar surface area (TPSA) is 28.6 Å². The van der Waals surface area contributed by atoms with Gasteiger partial charge in [0, 0.05) is 44.3 Å². The van der Waals surface area contributed by atoms with Crippen molar-refractivity contribution >= 4 is 23.0 Å². The van der Waals surface area contributed by atoms with Crippen molar-refractivity contribution in [2.24, 2.45) is 0 Å². The van der Waals surface area contributed by atoms with E-state index in [1.165, 1.54) is 11.3 Å². The van der Waals surface area contributed by atoms with Crippen LogP contribution in [0.5, 0.6) is 0 Å². The third kappa shape index (κ3) is 3.51. The number of nitrogens with zero attached hydrogens (tertiary/aromatic N) is 3. The van der Waals surface area contributed by atoms with Crippen LogP contribution in [0.4, 0.5) is 11.4 Å². The minimum Gasteiger partial charge on any atom is -0.378 e. The molecule has 116 valence electrons. The van der Waals surface area contributed by atoms with Crippen LogP contribution >= 0.6 is 11.6 Å². The van der Waals surface area contributed by atoms with Crippen molar-refractivity contribution in [2.75, 3.05) is 43.2 Å². The molecule has 4 nitrogen and oxygen atoms in total. The summed E-state index contributed by atoms with van der Waals surface area (Å²) in [4.78, 5) is 8.62. The zero-order valence-corrected chi connectivity index (χ0v) is 13.5. The van der Waals surface area contributed by atoms with Gasteiger partial charge in [-0.2, -0.15) is 0 Å². The molecule has 22 heavy (non-hydrogen) atoms. The van der Waals surface area contributed by atoms with E-state index in [0.717, 1.165) is 38.5 Å². The van der Waals surface area contributed by atoms with Gasteiger partial charge in [0.15, 0.2) is 0 Å². The van der Waals surface area contributed by atoms with Gasteiger partial charge in [-0.05, 0) is 23.8 Å². The molecule has 0 atom stereocenters. The van der Waals surface area contributed by atoms with Crippen molar-refractivity contribution in [1.29, 1.82) is 0 Å². The Bertz CT molecular complexity index is 629. The third-order valence-electron chi connectivity index (χ3n) is 3.90. The Morgan fingerprint density at radius 3 is 2.77 bits per heavy atom. The van der Waals surface area contributed by atoms with Crippen molar-refractivity contribution in [2.45, 2.75) is 6.54 Å². The average Bonchev–Trinajstić information content (AvgIpc) is 2.56. The molecule has 2 aromatic rings. The molecule has 5 heteroatoms. The largest absolute Gasteiger partial charge is 0.378 e. The van der Waals surface area contributed by atoms with Gasteiger partial charge in [0.25, 0.3) is 0 Å². The highest BCUT2D eigenvalue weighted by Gasteiger charge is 2.15. The number of ether oxygens (including phenoxy) is 1. The average molecular weight is 318 g/mol. The summed E-state index contributed by atoms with van der Waals surface area (Å²) in [6.45, 7) is 4.31. The number of rotatable bonds is 4. The summed E-state index contributed by atoms with van der Waals surface area (Å²) in [6.07, 6.45) is 1.74. The zero-order valence-electron chi connectivity index (χ0n) is 12.7. The smallest absolute Gasteiger partial charge is 0.131 e. The Kier molecular flexibility index (Phi) is 4.80. The van der Waals surface area contributed by atoms with Gasteiger partial charge in [0.05, 0.1) is 13.2 Å². The lowest BCUT2D eigenvalue weighted by molar-refractivity contribution is 0.122. The van der Waals surface area contributed by atoms with Crippen LogP contribution in [0, 0.1) is 0 Å². The van der Waals surface area contributed by atoms with Gasteiger partial charge in [0.1, 0.15) is 5.15 Å². The summed E-state index contributed by atoms with van der Waals surface area (Å²) >= 11 is 5.99. The SMILES string of the molecule is CN(Cc1ccccc1N1CCOCC1)c1ccnc(Cl)c1. The van der Waals surface area contributed by atoms with Crippen LogP contribution in [-0.2, 0) is 11.3 Å². The molecule has 1 aliphatic rings. The van der Waals surface area contributed by atoms with Crippen molar-refractivity contribution < 1.29 is 4.74 Å². The molecule has 0 radical (unpaired) electrons. The number of pyridine rings is 1. The van der Waals surface area contributed by atoms with E-state index in [4.69, 9.17) is 16.3 Å². The van der Waals surface area contributed by atoms with E-state index in [2.05, 4.69) is 46.1 Å². The highest BCUT2D eigenvalue weighted by Crippen LogP contribution is 2.25. The van der Waals surface area contributed by atoms with Gasteiger partial charge in [-0.15, -0.1) is 0 Å². The van der Waals surface area contributed by atoms with E-state index in [1.54, 1.807) is 6.20 Å². The Morgan fingerprint density at radius 1 is 1.23 bits per heavy atom. The zero-order chi connectivity index (χ0) is 15.4. The highest BCUT2D eigenvalue weighted by atomic mass is 35.5. The molecule has 1 aromatic heterocycles. The van der Waals surface area contributed by atoms with Gasteiger partial charge in [-0.1, -0.05) is 29.8 Å². The lowest BCUT2D eigenvalue weighted by Crippen LogP contribution is -2.37. The Balaban J connectivity index is 1.80. The number of halogens is 1. The number of benzene rings is 1. The summed E-state index contributed by atoms with van der Waals surface area (Å²) in [6, 6.07) is 12.4. The number of hydrogen-bond acceptors (Lipinski definition) is 4. The fourth-order valence-corrected chi connectivity index (χ4v) is 2.90. The van der Waals surface area contributed by atoms with Crippen molar-refractivity contribution in [3.63, 3.8) is 0 Å². The van der Waals surface area contributed by atoms with Crippen molar-refractivity contribution in [3.05, 3.63) is 53.3 Å². The van der Waals surface area contributed by atoms with Gasteiger partial charge in [0.2, 0.25) is 0 Å². The Hall–Kier alpha value is -1.78. The molecule has 1 fully saturated rings. The van der Waals surface area contributed by atoms with Crippen molar-refractivity contribution in [1.82, 2.24) is 4.98 Å². The van der Waals surface area contributed by atoms with E-state index in [9.17, 15) is 0 Å². The molecular weight excluding hydrogens is 298 g/mol. The minimum absolute atomic E-state index is 0.519. The van der Waals surface area contributed by atoms with E-state index in [-0.39, 0.29) is 0 Å². The molecule has 0 amide bonds. The predicted molar refractivity (Wildman–Crippen MR) is 90.8 cm³/mol. The van der Waals surface area contributed by atoms with E-state index in [1.807, 2.05) is 12.1 Å². The second kappa shape index (κ2) is 6.99. The Morgan fingerprint density at radius 2 is 2.00 bits per heavy atom. The van der Waals surface area contributed by atoms with Crippen LogP contribution < -0.4 is 9.80 Å². The normalized spacial score (nSPS) is 14.9. The fraction of sp³-hybridized carbons (Fsp3) is 0.353. The van der Waals surface area contributed by atoms with Crippen LogP contribution in [0.3, 0.4) is 0 Å². The second-order valence-corrected chi connectivity index (χ2v) is 5.81. The lowest BCUT2D eigenvalue weighted by Gasteiger charge is -2.31. The maximum Gasteiger partial charge on any atom is 0.131 e. The van der Waals surface area contributed by atoms with E-state index in [0.29, 0.717) is 5.15 Å². The van der Waals surface area contributed by atoms with Gasteiger partial charge in [-0.3, -0.25) is 0 Å². The molecule has 1 saturated heterocycles. The third-order valence-corrected chi connectivity index (χ3v) is 4.11. The molecule has 1 aliphatic heterocycles. The number of hydrogen-bond donors (Lipinski definition) is 0. The lowest BCUT2D eigenvalue weighted by atomic mass is 10.1. The summed E-state index contributed by atoms with van der Waals surface area (Å²) in [7, 11) is 2.07. The first-order valence-corrected chi connectivity index (χ1v) is 7.85. The van der Waals surface area contributed by atoms with Gasteiger partial charge in [-0.25, -0.2) is 4.98 Å². The van der Waals surface area contributed by atoms with Crippen LogP contribution in [-0.4, -0.2) is 38.3 Å². The molecule has 0 spiro atoms. The maximum absolute atomic E-state index is 5.99. The molecule has 0 aliphatic carbocycles. The first-order valence-electron chi connectivity index (χ1n) is 7.47. The van der Waals surface area contributed by atoms with Crippen LogP contribution in [0.2, 0.25) is 5.15 Å². The molecule has 1 aromatic carbocycles. The second-order valence-electron chi connectivity index (χ2n) is 5.42. The summed E-state index contributed by atoms with van der Waals surface area (Å²) < 4.78 is 5.45. The molecule has 0 saturated carbocycles. The monoisotopic (exact) mass is 317 g/mol. The summed E-state index contributed by atoms with van der Waals surface area (Å²) in [5.74, 6) is 0. The maximum atomic E-state index is 5.99. The van der Waals surface area contributed by atoms with Crippen LogP contribution in [0.25, 0.3) is 0 Å². The minimum atomic E-state index is 0.519. The van der Waals surface area contributed by atoms with Gasteiger partial charge < -0.3 is 14.5 Å². The molecule has 3 rings (SSSR count). The summed E-state index contributed by atoms with van der Waals surface area (Å²) in [5, 5.41) is 0.519. The quantitative estimate of drug-likeness (QED) is 0.810. The van der Waals surface area contributed by atoms with Crippen LogP contribution in [0.1, 0.15) is 5.56 Å².